The third-order valence-electron chi connectivity index (χ3n) is 10.9. The minimum atomic E-state index is -0.185. The van der Waals surface area contributed by atoms with Crippen molar-refractivity contribution in [2.75, 3.05) is 12.4 Å². The van der Waals surface area contributed by atoms with Gasteiger partial charge in [0.1, 0.15) is 13.0 Å². The van der Waals surface area contributed by atoms with Gasteiger partial charge < -0.3 is 24.1 Å². The molecular weight excluding hydrogens is 703 g/mol. The molecule has 1 aliphatic heterocycles. The van der Waals surface area contributed by atoms with Crippen molar-refractivity contribution in [2.24, 2.45) is 4.99 Å². The quantitative estimate of drug-likeness (QED) is 0.184. The number of carbonyl (C=O) groups is 2. The van der Waals surface area contributed by atoms with Crippen molar-refractivity contribution in [1.29, 1.82) is 0 Å². The van der Waals surface area contributed by atoms with Crippen LogP contribution >= 0.6 is 0 Å². The number of para-hydroxylation sites is 4. The molecular formula is C50H39N5O2. The highest BCUT2D eigenvalue weighted by Gasteiger charge is 2.29. The molecule has 7 heteroatoms. The van der Waals surface area contributed by atoms with Gasteiger partial charge in [0.2, 0.25) is 0 Å². The number of aliphatic imine (C=N–C) groups is 1. The molecule has 0 spiro atoms. The first-order valence-electron chi connectivity index (χ1n) is 18.9. The highest BCUT2D eigenvalue weighted by molar-refractivity contribution is 6.33. The Bertz CT molecular complexity index is 3000. The Morgan fingerprint density at radius 3 is 1.68 bits per heavy atom. The first-order valence-corrected chi connectivity index (χ1v) is 18.9. The van der Waals surface area contributed by atoms with E-state index in [1.807, 2.05) is 62.4 Å². The van der Waals surface area contributed by atoms with Gasteiger partial charge in [-0.25, -0.2) is 0 Å². The Labute approximate surface area is 330 Å². The van der Waals surface area contributed by atoms with E-state index in [9.17, 15) is 0 Å². The van der Waals surface area contributed by atoms with Gasteiger partial charge >= 0.3 is 0 Å². The van der Waals surface area contributed by atoms with Crippen molar-refractivity contribution in [2.45, 2.75) is 13.1 Å². The van der Waals surface area contributed by atoms with E-state index in [0.29, 0.717) is 11.3 Å². The van der Waals surface area contributed by atoms with Crippen LogP contribution in [0.15, 0.2) is 181 Å². The molecule has 0 bridgehead atoms. The summed E-state index contributed by atoms with van der Waals surface area (Å²) in [5.41, 5.74) is 11.4. The number of amides is 1. The molecule has 7 nitrogen and oxygen atoms in total. The standard InChI is InChI=1S/C49H37N5O.CH2O/c1-32-43(49(55)50-35-28-26-34(27-29-35)48-51-40(30-31-52(48)2)33-16-6-3-7-17-33)47-45(39-23-13-15-25-42(39)54(47)37-20-10-5-11-21-37)44-38-22-12-14-24-41(38)53(46(32)44)36-18-8-4-9-19-36;1-2/h3-31,48H,1-2H3,(H,50,55);1H2. The Morgan fingerprint density at radius 1 is 0.614 bits per heavy atom. The van der Waals surface area contributed by atoms with Crippen LogP contribution in [0, 0.1) is 6.92 Å². The van der Waals surface area contributed by atoms with Gasteiger partial charge in [0.05, 0.1) is 33.3 Å². The number of aryl methyl sites for hydroxylation is 1. The summed E-state index contributed by atoms with van der Waals surface area (Å²) < 4.78 is 4.58. The Hall–Kier alpha value is -7.51. The highest BCUT2D eigenvalue weighted by Crippen LogP contribution is 2.46. The molecule has 1 amide bonds. The summed E-state index contributed by atoms with van der Waals surface area (Å²) in [5, 5.41) is 7.77. The molecule has 1 atom stereocenters. The molecule has 2 aromatic heterocycles. The van der Waals surface area contributed by atoms with E-state index >= 15 is 4.79 Å². The fourth-order valence-electron chi connectivity index (χ4n) is 8.40. The number of fused-ring (bicyclic) bond motifs is 7. The number of benzene rings is 7. The zero-order valence-corrected chi connectivity index (χ0v) is 31.6. The number of allylic oxidation sites excluding steroid dienone is 1. The molecule has 7 aromatic carbocycles. The van der Waals surface area contributed by atoms with Crippen molar-refractivity contribution >= 4 is 67.7 Å². The topological polar surface area (TPSA) is 71.6 Å². The third kappa shape index (κ3) is 5.88. The van der Waals surface area contributed by atoms with E-state index in [2.05, 4.69) is 154 Å². The van der Waals surface area contributed by atoms with Gasteiger partial charge in [-0.15, -0.1) is 0 Å². The predicted molar refractivity (Wildman–Crippen MR) is 234 cm³/mol. The van der Waals surface area contributed by atoms with E-state index in [-0.39, 0.29) is 12.1 Å². The molecule has 9 aromatic rings. The first kappa shape index (κ1) is 35.2. The largest absolute Gasteiger partial charge is 0.355 e. The van der Waals surface area contributed by atoms with E-state index in [0.717, 1.165) is 77.4 Å². The zero-order chi connectivity index (χ0) is 39.0. The molecule has 276 valence electrons. The number of carbonyl (C=O) groups excluding carboxylic acids is 2. The summed E-state index contributed by atoms with van der Waals surface area (Å²) in [7, 11) is 2.03. The lowest BCUT2D eigenvalue weighted by atomic mass is 9.96. The van der Waals surface area contributed by atoms with Gasteiger partial charge in [0.25, 0.3) is 5.91 Å². The Kier molecular flexibility index (Phi) is 9.03. The third-order valence-corrected chi connectivity index (χ3v) is 10.9. The molecule has 0 saturated heterocycles. The average Bonchev–Trinajstić information content (AvgIpc) is 3.79. The maximum Gasteiger partial charge on any atom is 0.258 e. The van der Waals surface area contributed by atoms with E-state index in [4.69, 9.17) is 9.79 Å². The van der Waals surface area contributed by atoms with Gasteiger partial charge in [0, 0.05) is 51.9 Å². The minimum absolute atomic E-state index is 0.163. The van der Waals surface area contributed by atoms with Crippen LogP contribution in [0.5, 0.6) is 0 Å². The van der Waals surface area contributed by atoms with Gasteiger partial charge in [-0.3, -0.25) is 9.79 Å². The van der Waals surface area contributed by atoms with Crippen LogP contribution in [-0.2, 0) is 4.79 Å². The van der Waals surface area contributed by atoms with E-state index in [1.54, 1.807) is 0 Å². The maximum absolute atomic E-state index is 15.1. The van der Waals surface area contributed by atoms with Gasteiger partial charge in [0.15, 0.2) is 0 Å². The summed E-state index contributed by atoms with van der Waals surface area (Å²) >= 11 is 0. The van der Waals surface area contributed by atoms with Crippen LogP contribution in [0.3, 0.4) is 0 Å². The molecule has 0 fully saturated rings. The summed E-state index contributed by atoms with van der Waals surface area (Å²) in [6.07, 6.45) is 3.93. The monoisotopic (exact) mass is 741 g/mol. The zero-order valence-electron chi connectivity index (χ0n) is 31.6. The maximum atomic E-state index is 15.1. The van der Waals surface area contributed by atoms with Crippen molar-refractivity contribution in [3.63, 3.8) is 0 Å². The molecule has 57 heavy (non-hydrogen) atoms. The fraction of sp³-hybridized carbons (Fsp3) is 0.0600. The van der Waals surface area contributed by atoms with Gasteiger partial charge in [-0.05, 0) is 78.2 Å². The van der Waals surface area contributed by atoms with Crippen LogP contribution in [0.4, 0.5) is 5.69 Å². The second kappa shape index (κ2) is 14.6. The molecule has 3 heterocycles. The Morgan fingerprint density at radius 2 is 1.11 bits per heavy atom. The second-order valence-electron chi connectivity index (χ2n) is 14.1. The lowest BCUT2D eigenvalue weighted by Gasteiger charge is -2.28. The second-order valence-corrected chi connectivity index (χ2v) is 14.1. The van der Waals surface area contributed by atoms with Gasteiger partial charge in [-0.1, -0.05) is 115 Å². The van der Waals surface area contributed by atoms with Crippen molar-refractivity contribution in [3.05, 3.63) is 198 Å². The molecule has 10 rings (SSSR count). The number of rotatable bonds is 6. The fourth-order valence-corrected chi connectivity index (χ4v) is 8.40. The van der Waals surface area contributed by atoms with Gasteiger partial charge in [-0.2, -0.15) is 0 Å². The number of aromatic nitrogens is 2. The van der Waals surface area contributed by atoms with Crippen molar-refractivity contribution in [1.82, 2.24) is 14.0 Å². The lowest BCUT2D eigenvalue weighted by molar-refractivity contribution is -0.0980. The summed E-state index contributed by atoms with van der Waals surface area (Å²) in [4.78, 5) is 30.3. The number of anilines is 1. The molecule has 0 radical (unpaired) electrons. The summed E-state index contributed by atoms with van der Waals surface area (Å²) in [5.74, 6) is -0.163. The highest BCUT2D eigenvalue weighted by atomic mass is 16.1. The molecule has 1 aliphatic rings. The van der Waals surface area contributed by atoms with Crippen LogP contribution in [0.25, 0.3) is 55.0 Å². The Balaban J connectivity index is 0.00000208. The normalized spacial score (nSPS) is 13.8. The van der Waals surface area contributed by atoms with Crippen molar-refractivity contribution in [3.8, 4) is 11.4 Å². The van der Waals surface area contributed by atoms with Crippen LogP contribution in [0.1, 0.15) is 33.2 Å². The average molecular weight is 742 g/mol. The smallest absolute Gasteiger partial charge is 0.258 e. The molecule has 0 saturated carbocycles. The molecule has 1 N–H and O–H groups in total. The van der Waals surface area contributed by atoms with Crippen LogP contribution in [0.2, 0.25) is 0 Å². The van der Waals surface area contributed by atoms with E-state index in [1.165, 1.54) is 0 Å². The number of hydrogen-bond acceptors (Lipinski definition) is 4. The molecule has 0 aliphatic carbocycles. The molecule has 1 unspecified atom stereocenters. The lowest BCUT2D eigenvalue weighted by Crippen LogP contribution is -2.23. The number of nitrogens with one attached hydrogen (secondary N) is 1. The number of hydrogen-bond donors (Lipinski definition) is 1. The minimum Gasteiger partial charge on any atom is -0.355 e. The van der Waals surface area contributed by atoms with Crippen molar-refractivity contribution < 1.29 is 9.59 Å². The predicted octanol–water partition coefficient (Wildman–Crippen LogP) is 11.2. The summed E-state index contributed by atoms with van der Waals surface area (Å²) in [6.45, 7) is 4.10. The van der Waals surface area contributed by atoms with E-state index < -0.39 is 0 Å². The van der Waals surface area contributed by atoms with Crippen LogP contribution < -0.4 is 5.32 Å². The first-order chi connectivity index (χ1) is 28.1. The van der Waals surface area contributed by atoms with Crippen LogP contribution in [-0.4, -0.2) is 39.5 Å². The SMILES string of the molecule is C=O.Cc1c(C(=O)Nc2ccc(C3N=C(c4ccccc4)C=CN3C)cc2)c2c(c3ccccc3n2-c2ccccc2)c2c3ccccc3n(-c3ccccc3)c12. The number of nitrogens with zero attached hydrogens (tertiary/aromatic N) is 4. The summed E-state index contributed by atoms with van der Waals surface area (Å²) in [6, 6.07) is 56.2.